The summed E-state index contributed by atoms with van der Waals surface area (Å²) in [5.41, 5.74) is 2.49. The van der Waals surface area contributed by atoms with Gasteiger partial charge in [-0.15, -0.1) is 0 Å². The van der Waals surface area contributed by atoms with E-state index >= 15 is 0 Å². The van der Waals surface area contributed by atoms with Gasteiger partial charge in [-0.05, 0) is 54.5 Å². The molecule has 19 heavy (non-hydrogen) atoms. The number of anilines is 1. The van der Waals surface area contributed by atoms with Crippen LogP contribution in [0.15, 0.2) is 22.7 Å². The van der Waals surface area contributed by atoms with Gasteiger partial charge in [0.05, 0.1) is 18.2 Å². The molecule has 2 unspecified atom stereocenters. The monoisotopic (exact) mass is 321 g/mol. The van der Waals surface area contributed by atoms with Crippen LogP contribution < -0.4 is 4.90 Å². The van der Waals surface area contributed by atoms with Crippen molar-refractivity contribution in [2.75, 3.05) is 25.0 Å². The third-order valence-corrected chi connectivity index (χ3v) is 4.59. The Balaban J connectivity index is 2.23. The number of rotatable bonds is 2. The van der Waals surface area contributed by atoms with Gasteiger partial charge in [-0.2, -0.15) is 5.26 Å². The number of piperazine rings is 1. The molecule has 1 aromatic carbocycles. The Morgan fingerprint density at radius 1 is 1.42 bits per heavy atom. The first-order valence-electron chi connectivity index (χ1n) is 6.63. The summed E-state index contributed by atoms with van der Waals surface area (Å²) in [4.78, 5) is 4.71. The summed E-state index contributed by atoms with van der Waals surface area (Å²) < 4.78 is 1.14. The van der Waals surface area contributed by atoms with E-state index in [-0.39, 0.29) is 0 Å². The van der Waals surface area contributed by atoms with Crippen molar-refractivity contribution in [3.05, 3.63) is 28.2 Å². The highest BCUT2D eigenvalue weighted by Gasteiger charge is 2.29. The Bertz CT molecular complexity index is 495. The largest absolute Gasteiger partial charge is 0.367 e. The standard InChI is InChI=1S/C15H20BrN3/c1-11-4-5-15(14(16)8-11)19-9-12(2)18(3)13(10-19)6-7-17/h4-5,8,12-13H,6,9-10H2,1-3H3. The fraction of sp³-hybridized carbons (Fsp3) is 0.533. The molecule has 1 saturated heterocycles. The molecular formula is C15H20BrN3. The average Bonchev–Trinajstić information content (AvgIpc) is 2.35. The highest BCUT2D eigenvalue weighted by Crippen LogP contribution is 2.30. The van der Waals surface area contributed by atoms with Crippen LogP contribution >= 0.6 is 15.9 Å². The molecule has 2 rings (SSSR count). The van der Waals surface area contributed by atoms with Crippen molar-refractivity contribution in [2.45, 2.75) is 32.4 Å². The minimum atomic E-state index is 0.307. The van der Waals surface area contributed by atoms with Gasteiger partial charge in [0.25, 0.3) is 0 Å². The predicted octanol–water partition coefficient (Wildman–Crippen LogP) is 3.18. The van der Waals surface area contributed by atoms with E-state index in [1.54, 1.807) is 0 Å². The van der Waals surface area contributed by atoms with Crippen LogP contribution in [-0.2, 0) is 0 Å². The molecule has 1 aliphatic rings. The van der Waals surface area contributed by atoms with Gasteiger partial charge < -0.3 is 4.90 Å². The highest BCUT2D eigenvalue weighted by molar-refractivity contribution is 9.10. The van der Waals surface area contributed by atoms with E-state index < -0.39 is 0 Å². The lowest BCUT2D eigenvalue weighted by molar-refractivity contribution is 0.160. The second-order valence-corrected chi connectivity index (χ2v) is 6.24. The summed E-state index contributed by atoms with van der Waals surface area (Å²) in [6, 6.07) is 9.53. The van der Waals surface area contributed by atoms with E-state index in [2.05, 4.69) is 70.9 Å². The molecule has 0 aliphatic carbocycles. The molecule has 0 amide bonds. The lowest BCUT2D eigenvalue weighted by Crippen LogP contribution is -2.56. The predicted molar refractivity (Wildman–Crippen MR) is 82.3 cm³/mol. The first-order valence-corrected chi connectivity index (χ1v) is 7.42. The lowest BCUT2D eigenvalue weighted by Gasteiger charge is -2.44. The highest BCUT2D eigenvalue weighted by atomic mass is 79.9. The Labute approximate surface area is 123 Å². The van der Waals surface area contributed by atoms with E-state index in [1.165, 1.54) is 11.3 Å². The smallest absolute Gasteiger partial charge is 0.0638 e. The van der Waals surface area contributed by atoms with Crippen molar-refractivity contribution in [1.29, 1.82) is 5.26 Å². The van der Waals surface area contributed by atoms with Crippen LogP contribution in [-0.4, -0.2) is 37.1 Å². The summed E-state index contributed by atoms with van der Waals surface area (Å²) >= 11 is 3.66. The molecule has 0 spiro atoms. The topological polar surface area (TPSA) is 30.3 Å². The molecule has 0 N–H and O–H groups in total. The minimum Gasteiger partial charge on any atom is -0.367 e. The zero-order chi connectivity index (χ0) is 14.0. The van der Waals surface area contributed by atoms with Crippen LogP contribution in [0.25, 0.3) is 0 Å². The maximum Gasteiger partial charge on any atom is 0.0638 e. The molecule has 4 heteroatoms. The van der Waals surface area contributed by atoms with Gasteiger partial charge >= 0.3 is 0 Å². The molecule has 0 bridgehead atoms. The number of likely N-dealkylation sites (N-methyl/N-ethyl adjacent to an activating group) is 1. The zero-order valence-corrected chi connectivity index (χ0v) is 13.3. The molecule has 3 nitrogen and oxygen atoms in total. The number of hydrogen-bond acceptors (Lipinski definition) is 3. The number of benzene rings is 1. The normalized spacial score (nSPS) is 24.3. The van der Waals surface area contributed by atoms with Crippen molar-refractivity contribution < 1.29 is 0 Å². The number of hydrogen-bond donors (Lipinski definition) is 0. The SMILES string of the molecule is Cc1ccc(N2CC(C)N(C)C(CC#N)C2)c(Br)c1. The Morgan fingerprint density at radius 2 is 2.16 bits per heavy atom. The summed E-state index contributed by atoms with van der Waals surface area (Å²) in [7, 11) is 2.12. The van der Waals surface area contributed by atoms with Gasteiger partial charge in [-0.25, -0.2) is 0 Å². The molecule has 1 heterocycles. The van der Waals surface area contributed by atoms with Gasteiger partial charge in [0.1, 0.15) is 0 Å². The second-order valence-electron chi connectivity index (χ2n) is 5.39. The molecule has 0 radical (unpaired) electrons. The molecule has 1 aliphatic heterocycles. The van der Waals surface area contributed by atoms with Crippen molar-refractivity contribution in [3.8, 4) is 6.07 Å². The van der Waals surface area contributed by atoms with Crippen LogP contribution in [0.2, 0.25) is 0 Å². The Hall–Kier alpha value is -1.05. The second kappa shape index (κ2) is 5.94. The minimum absolute atomic E-state index is 0.307. The third-order valence-electron chi connectivity index (χ3n) is 3.96. The maximum absolute atomic E-state index is 8.97. The molecular weight excluding hydrogens is 302 g/mol. The third kappa shape index (κ3) is 3.10. The van der Waals surface area contributed by atoms with Crippen LogP contribution in [0, 0.1) is 18.3 Å². The van der Waals surface area contributed by atoms with Crippen LogP contribution in [0.3, 0.4) is 0 Å². The molecule has 1 aromatic rings. The zero-order valence-electron chi connectivity index (χ0n) is 11.7. The van der Waals surface area contributed by atoms with E-state index in [4.69, 9.17) is 5.26 Å². The van der Waals surface area contributed by atoms with Crippen LogP contribution in [0.1, 0.15) is 18.9 Å². The number of halogens is 1. The molecule has 2 atom stereocenters. The van der Waals surface area contributed by atoms with Gasteiger partial charge in [0.15, 0.2) is 0 Å². The first kappa shape index (κ1) is 14.4. The fourth-order valence-electron chi connectivity index (χ4n) is 2.64. The Kier molecular flexibility index (Phi) is 4.49. The molecule has 1 fully saturated rings. The number of nitrogens with zero attached hydrogens (tertiary/aromatic N) is 3. The molecule has 0 saturated carbocycles. The van der Waals surface area contributed by atoms with Crippen LogP contribution in [0.5, 0.6) is 0 Å². The van der Waals surface area contributed by atoms with E-state index in [0.29, 0.717) is 18.5 Å². The maximum atomic E-state index is 8.97. The van der Waals surface area contributed by atoms with Gasteiger partial charge in [0.2, 0.25) is 0 Å². The van der Waals surface area contributed by atoms with E-state index in [1.807, 2.05) is 0 Å². The fourth-order valence-corrected chi connectivity index (χ4v) is 3.39. The summed E-state index contributed by atoms with van der Waals surface area (Å²) in [5.74, 6) is 0. The average molecular weight is 322 g/mol. The van der Waals surface area contributed by atoms with Gasteiger partial charge in [-0.1, -0.05) is 6.07 Å². The first-order chi connectivity index (χ1) is 9.02. The quantitative estimate of drug-likeness (QED) is 0.838. The summed E-state index contributed by atoms with van der Waals surface area (Å²) in [6.07, 6.45) is 0.584. The van der Waals surface area contributed by atoms with Crippen LogP contribution in [0.4, 0.5) is 5.69 Å². The molecule has 102 valence electrons. The summed E-state index contributed by atoms with van der Waals surface area (Å²) in [6.45, 7) is 6.23. The number of nitriles is 1. The number of aryl methyl sites for hydroxylation is 1. The van der Waals surface area contributed by atoms with Crippen molar-refractivity contribution in [2.24, 2.45) is 0 Å². The summed E-state index contributed by atoms with van der Waals surface area (Å²) in [5, 5.41) is 8.97. The van der Waals surface area contributed by atoms with E-state index in [9.17, 15) is 0 Å². The van der Waals surface area contributed by atoms with Crippen molar-refractivity contribution >= 4 is 21.6 Å². The van der Waals surface area contributed by atoms with Gasteiger partial charge in [-0.3, -0.25) is 4.90 Å². The molecule has 0 aromatic heterocycles. The van der Waals surface area contributed by atoms with Crippen molar-refractivity contribution in [3.63, 3.8) is 0 Å². The Morgan fingerprint density at radius 3 is 2.79 bits per heavy atom. The van der Waals surface area contributed by atoms with Gasteiger partial charge in [0, 0.05) is 29.6 Å². The van der Waals surface area contributed by atoms with Crippen molar-refractivity contribution in [1.82, 2.24) is 4.90 Å². The lowest BCUT2D eigenvalue weighted by atomic mass is 10.0. The van der Waals surface area contributed by atoms with E-state index in [0.717, 1.165) is 17.6 Å².